The lowest BCUT2D eigenvalue weighted by Gasteiger charge is -2.27. The molecular weight excluding hydrogens is 337 g/mol. The zero-order valence-electron chi connectivity index (χ0n) is 12.7. The lowest BCUT2D eigenvalue weighted by molar-refractivity contribution is -0.147. The van der Waals surface area contributed by atoms with Crippen LogP contribution in [0.4, 0.5) is 4.39 Å². The molecule has 1 saturated heterocycles. The fourth-order valence-electron chi connectivity index (χ4n) is 2.28. The van der Waals surface area contributed by atoms with Crippen LogP contribution in [0.2, 0.25) is 0 Å². The van der Waals surface area contributed by atoms with Gasteiger partial charge in [0.2, 0.25) is 0 Å². The van der Waals surface area contributed by atoms with Gasteiger partial charge >= 0.3 is 5.97 Å². The third-order valence-electron chi connectivity index (χ3n) is 3.73. The number of benzene rings is 1. The van der Waals surface area contributed by atoms with Gasteiger partial charge in [-0.25, -0.2) is 9.18 Å². The lowest BCUT2D eigenvalue weighted by Crippen LogP contribution is -2.47. The van der Waals surface area contributed by atoms with Crippen LogP contribution in [0.15, 0.2) is 29.2 Å². The normalized spacial score (nSPS) is 19.3. The number of carbonyl (C=O) groups is 2. The Balaban J connectivity index is 2.36. The first-order chi connectivity index (χ1) is 10.9. The molecule has 1 aliphatic heterocycles. The number of carboxylic acid groups (broad SMARTS) is 1. The number of carboxylic acids is 1. The summed E-state index contributed by atoms with van der Waals surface area (Å²) in [6.07, 6.45) is 2.00. The van der Waals surface area contributed by atoms with Crippen LogP contribution in [0.3, 0.4) is 0 Å². The molecule has 0 radical (unpaired) electrons. The third-order valence-corrected chi connectivity index (χ3v) is 5.06. The summed E-state index contributed by atoms with van der Waals surface area (Å²) in [5.74, 6) is -2.28. The zero-order chi connectivity index (χ0) is 17.1. The number of thioether (sulfide) groups is 1. The van der Waals surface area contributed by atoms with Crippen LogP contribution < -0.4 is 0 Å². The van der Waals surface area contributed by atoms with Gasteiger partial charge in [0, 0.05) is 5.56 Å². The minimum atomic E-state index is -1.09. The predicted molar refractivity (Wildman–Crippen MR) is 92.3 cm³/mol. The van der Waals surface area contributed by atoms with E-state index in [9.17, 15) is 19.1 Å². The number of rotatable bonds is 5. The summed E-state index contributed by atoms with van der Waals surface area (Å²) in [4.78, 5) is 25.5. The van der Waals surface area contributed by atoms with Crippen LogP contribution >= 0.6 is 24.0 Å². The molecule has 2 rings (SSSR count). The van der Waals surface area contributed by atoms with E-state index in [1.54, 1.807) is 25.1 Å². The Hall–Kier alpha value is -1.73. The summed E-state index contributed by atoms with van der Waals surface area (Å²) < 4.78 is 13.9. The number of carbonyl (C=O) groups excluding carboxylic acids is 1. The molecule has 122 valence electrons. The third kappa shape index (κ3) is 3.61. The van der Waals surface area contributed by atoms with Crippen LogP contribution in [0.25, 0.3) is 6.08 Å². The van der Waals surface area contributed by atoms with Crippen molar-refractivity contribution < 1.29 is 19.1 Å². The predicted octanol–water partition coefficient (Wildman–Crippen LogP) is 3.53. The highest BCUT2D eigenvalue weighted by molar-refractivity contribution is 8.26. The Morgan fingerprint density at radius 2 is 2.13 bits per heavy atom. The Kier molecular flexibility index (Phi) is 5.54. The molecule has 1 aliphatic rings. The van der Waals surface area contributed by atoms with Crippen LogP contribution in [0.5, 0.6) is 0 Å². The average molecular weight is 353 g/mol. The first kappa shape index (κ1) is 17.6. The van der Waals surface area contributed by atoms with Crippen molar-refractivity contribution in [1.29, 1.82) is 0 Å². The SMILES string of the molecule is CC[C@@H](C)[C@H](C(=O)O)N1C(=O)/C(=C/c2ccccc2F)SC1=S. The fraction of sp³-hybridized carbons (Fsp3) is 0.312. The molecule has 0 aromatic heterocycles. The fourth-order valence-corrected chi connectivity index (χ4v) is 3.60. The van der Waals surface area contributed by atoms with Crippen LogP contribution in [-0.2, 0) is 9.59 Å². The number of aliphatic carboxylic acids is 1. The molecule has 4 nitrogen and oxygen atoms in total. The number of thiocarbonyl (C=S) groups is 1. The Labute approximate surface area is 143 Å². The van der Waals surface area contributed by atoms with Crippen molar-refractivity contribution in [3.63, 3.8) is 0 Å². The number of nitrogens with zero attached hydrogens (tertiary/aromatic N) is 1. The van der Waals surface area contributed by atoms with Crippen molar-refractivity contribution in [2.24, 2.45) is 5.92 Å². The van der Waals surface area contributed by atoms with Crippen LogP contribution in [0, 0.1) is 11.7 Å². The summed E-state index contributed by atoms with van der Waals surface area (Å²) in [6.45, 7) is 3.62. The monoisotopic (exact) mass is 353 g/mol. The molecule has 0 unspecified atom stereocenters. The molecule has 1 aromatic rings. The Morgan fingerprint density at radius 1 is 1.48 bits per heavy atom. The van der Waals surface area contributed by atoms with E-state index in [0.717, 1.165) is 16.7 Å². The van der Waals surface area contributed by atoms with Crippen LogP contribution in [0.1, 0.15) is 25.8 Å². The smallest absolute Gasteiger partial charge is 0.327 e. The summed E-state index contributed by atoms with van der Waals surface area (Å²) >= 11 is 6.17. The maximum atomic E-state index is 13.7. The summed E-state index contributed by atoms with van der Waals surface area (Å²) in [6, 6.07) is 5.05. The first-order valence-corrected chi connectivity index (χ1v) is 8.33. The van der Waals surface area contributed by atoms with E-state index in [2.05, 4.69) is 0 Å². The molecule has 2 atom stereocenters. The maximum Gasteiger partial charge on any atom is 0.327 e. The Morgan fingerprint density at radius 3 is 2.70 bits per heavy atom. The molecule has 7 heteroatoms. The zero-order valence-corrected chi connectivity index (χ0v) is 14.3. The van der Waals surface area contributed by atoms with E-state index in [1.807, 2.05) is 6.92 Å². The summed E-state index contributed by atoms with van der Waals surface area (Å²) in [5, 5.41) is 9.45. The highest BCUT2D eigenvalue weighted by Crippen LogP contribution is 2.36. The molecule has 0 bridgehead atoms. The lowest BCUT2D eigenvalue weighted by atomic mass is 9.98. The molecule has 1 fully saturated rings. The number of hydrogen-bond donors (Lipinski definition) is 1. The molecule has 0 spiro atoms. The average Bonchev–Trinajstić information content (AvgIpc) is 2.77. The molecule has 1 heterocycles. The number of halogens is 1. The highest BCUT2D eigenvalue weighted by atomic mass is 32.2. The van der Waals surface area contributed by atoms with Gasteiger partial charge in [-0.15, -0.1) is 0 Å². The van der Waals surface area contributed by atoms with Gasteiger partial charge in [0.25, 0.3) is 5.91 Å². The Bertz CT molecular complexity index is 690. The van der Waals surface area contributed by atoms with E-state index >= 15 is 0 Å². The standard InChI is InChI=1S/C16H16FNO3S2/c1-3-9(2)13(15(20)21)18-14(19)12(23-16(18)22)8-10-6-4-5-7-11(10)17/h4-9,13H,3H2,1-2H3,(H,20,21)/b12-8-/t9-,13-/m1/s1. The molecule has 1 aromatic carbocycles. The van der Waals surface area contributed by atoms with Gasteiger partial charge in [-0.05, 0) is 18.1 Å². The van der Waals surface area contributed by atoms with E-state index in [0.29, 0.717) is 6.42 Å². The van der Waals surface area contributed by atoms with Gasteiger partial charge in [0.05, 0.1) is 4.91 Å². The number of amides is 1. The van der Waals surface area contributed by atoms with Crippen molar-refractivity contribution in [1.82, 2.24) is 4.90 Å². The van der Waals surface area contributed by atoms with Crippen molar-refractivity contribution >= 4 is 46.3 Å². The highest BCUT2D eigenvalue weighted by Gasteiger charge is 2.42. The molecule has 1 amide bonds. The van der Waals surface area contributed by atoms with E-state index in [4.69, 9.17) is 12.2 Å². The largest absolute Gasteiger partial charge is 0.480 e. The number of hydrogen-bond acceptors (Lipinski definition) is 4. The van der Waals surface area contributed by atoms with Crippen molar-refractivity contribution in [3.8, 4) is 0 Å². The molecular formula is C16H16FNO3S2. The minimum absolute atomic E-state index is 0.185. The summed E-state index contributed by atoms with van der Waals surface area (Å²) in [7, 11) is 0. The summed E-state index contributed by atoms with van der Waals surface area (Å²) in [5.41, 5.74) is 0.267. The van der Waals surface area contributed by atoms with E-state index < -0.39 is 23.7 Å². The molecule has 23 heavy (non-hydrogen) atoms. The van der Waals surface area contributed by atoms with Crippen molar-refractivity contribution in [2.45, 2.75) is 26.3 Å². The second kappa shape index (κ2) is 7.23. The second-order valence-electron chi connectivity index (χ2n) is 5.24. The van der Waals surface area contributed by atoms with Gasteiger partial charge in [-0.2, -0.15) is 0 Å². The molecule has 1 N–H and O–H groups in total. The quantitative estimate of drug-likeness (QED) is 0.648. The van der Waals surface area contributed by atoms with Gasteiger partial charge in [-0.1, -0.05) is 62.4 Å². The van der Waals surface area contributed by atoms with Crippen molar-refractivity contribution in [3.05, 3.63) is 40.6 Å². The van der Waals surface area contributed by atoms with E-state index in [-0.39, 0.29) is 20.7 Å². The maximum absolute atomic E-state index is 13.7. The molecule has 0 aliphatic carbocycles. The van der Waals surface area contributed by atoms with Gasteiger partial charge in [-0.3, -0.25) is 9.69 Å². The van der Waals surface area contributed by atoms with Gasteiger partial charge < -0.3 is 5.11 Å². The van der Waals surface area contributed by atoms with E-state index in [1.165, 1.54) is 12.1 Å². The molecule has 0 saturated carbocycles. The second-order valence-corrected chi connectivity index (χ2v) is 6.92. The van der Waals surface area contributed by atoms with Crippen molar-refractivity contribution in [2.75, 3.05) is 0 Å². The van der Waals surface area contributed by atoms with Gasteiger partial charge in [0.15, 0.2) is 0 Å². The van der Waals surface area contributed by atoms with Crippen LogP contribution in [-0.4, -0.2) is 32.2 Å². The topological polar surface area (TPSA) is 57.6 Å². The van der Waals surface area contributed by atoms with Gasteiger partial charge in [0.1, 0.15) is 16.2 Å². The first-order valence-electron chi connectivity index (χ1n) is 7.11. The minimum Gasteiger partial charge on any atom is -0.480 e.